The first-order valence-corrected chi connectivity index (χ1v) is 4.73. The number of benzene rings is 1. The van der Waals surface area contributed by atoms with Gasteiger partial charge < -0.3 is 5.32 Å². The lowest BCUT2D eigenvalue weighted by molar-refractivity contribution is 0.112. The van der Waals surface area contributed by atoms with Gasteiger partial charge in [0.25, 0.3) is 0 Å². The van der Waals surface area contributed by atoms with Gasteiger partial charge in [0.1, 0.15) is 6.29 Å². The van der Waals surface area contributed by atoms with Crippen molar-refractivity contribution in [2.75, 3.05) is 13.6 Å². The van der Waals surface area contributed by atoms with Gasteiger partial charge in [-0.3, -0.25) is 4.79 Å². The van der Waals surface area contributed by atoms with E-state index in [-0.39, 0.29) is 0 Å². The highest BCUT2D eigenvalue weighted by Crippen LogP contribution is 2.04. The van der Waals surface area contributed by atoms with Crippen molar-refractivity contribution in [1.29, 1.82) is 0 Å². The SMILES string of the molecule is CNCCC=Cc1ccc(C=O)cc1. The maximum absolute atomic E-state index is 10.4. The molecule has 1 aromatic carbocycles. The third-order valence-corrected chi connectivity index (χ3v) is 1.94. The zero-order chi connectivity index (χ0) is 10.2. The molecule has 0 unspecified atom stereocenters. The Hall–Kier alpha value is -1.41. The van der Waals surface area contributed by atoms with E-state index in [0.29, 0.717) is 0 Å². The summed E-state index contributed by atoms with van der Waals surface area (Å²) in [4.78, 5) is 10.4. The van der Waals surface area contributed by atoms with Gasteiger partial charge >= 0.3 is 0 Å². The highest BCUT2D eigenvalue weighted by Gasteiger charge is 1.88. The quantitative estimate of drug-likeness (QED) is 0.568. The van der Waals surface area contributed by atoms with Crippen molar-refractivity contribution in [2.24, 2.45) is 0 Å². The van der Waals surface area contributed by atoms with E-state index in [0.717, 1.165) is 30.4 Å². The normalized spacial score (nSPS) is 10.6. The Bertz CT molecular complexity index is 301. The second-order valence-electron chi connectivity index (χ2n) is 3.08. The standard InChI is InChI=1S/C12H15NO/c1-13-9-3-2-4-11-5-7-12(10-14)8-6-11/h2,4-8,10,13H,3,9H2,1H3. The lowest BCUT2D eigenvalue weighted by Gasteiger charge is -1.94. The van der Waals surface area contributed by atoms with Crippen LogP contribution in [-0.2, 0) is 0 Å². The van der Waals surface area contributed by atoms with Crippen LogP contribution in [0.3, 0.4) is 0 Å². The van der Waals surface area contributed by atoms with E-state index in [1.54, 1.807) is 0 Å². The molecule has 1 aromatic rings. The van der Waals surface area contributed by atoms with Crippen LogP contribution in [0.4, 0.5) is 0 Å². The molecule has 0 radical (unpaired) electrons. The largest absolute Gasteiger partial charge is 0.319 e. The van der Waals surface area contributed by atoms with E-state index in [9.17, 15) is 4.79 Å². The topological polar surface area (TPSA) is 29.1 Å². The first kappa shape index (κ1) is 10.7. The molecular formula is C12H15NO. The Morgan fingerprint density at radius 3 is 2.43 bits per heavy atom. The lowest BCUT2D eigenvalue weighted by Crippen LogP contribution is -2.05. The van der Waals surface area contributed by atoms with E-state index in [1.165, 1.54) is 0 Å². The molecule has 0 saturated carbocycles. The van der Waals surface area contributed by atoms with Crippen LogP contribution in [-0.4, -0.2) is 19.9 Å². The predicted molar refractivity (Wildman–Crippen MR) is 59.4 cm³/mol. The minimum Gasteiger partial charge on any atom is -0.319 e. The molecule has 0 amide bonds. The van der Waals surface area contributed by atoms with Gasteiger partial charge in [-0.1, -0.05) is 36.4 Å². The summed E-state index contributed by atoms with van der Waals surface area (Å²) >= 11 is 0. The number of rotatable bonds is 5. The fraction of sp³-hybridized carbons (Fsp3) is 0.250. The smallest absolute Gasteiger partial charge is 0.150 e. The molecule has 1 N–H and O–H groups in total. The molecule has 74 valence electrons. The zero-order valence-electron chi connectivity index (χ0n) is 8.36. The van der Waals surface area contributed by atoms with Gasteiger partial charge in [0.05, 0.1) is 0 Å². The van der Waals surface area contributed by atoms with Crippen molar-refractivity contribution in [3.63, 3.8) is 0 Å². The number of carbonyl (C=O) groups excluding carboxylic acids is 1. The Morgan fingerprint density at radius 2 is 1.86 bits per heavy atom. The summed E-state index contributed by atoms with van der Waals surface area (Å²) in [7, 11) is 1.94. The first-order valence-electron chi connectivity index (χ1n) is 4.73. The van der Waals surface area contributed by atoms with Crippen LogP contribution in [0.25, 0.3) is 6.08 Å². The summed E-state index contributed by atoms with van der Waals surface area (Å²) in [5.74, 6) is 0. The first-order chi connectivity index (χ1) is 6.86. The average Bonchev–Trinajstić information content (AvgIpc) is 2.25. The highest BCUT2D eigenvalue weighted by molar-refractivity contribution is 5.75. The van der Waals surface area contributed by atoms with Crippen molar-refractivity contribution in [3.05, 3.63) is 41.5 Å². The van der Waals surface area contributed by atoms with Gasteiger partial charge in [-0.25, -0.2) is 0 Å². The maximum atomic E-state index is 10.4. The molecule has 0 aliphatic carbocycles. The molecule has 0 bridgehead atoms. The molecule has 0 aliphatic heterocycles. The molecule has 2 nitrogen and oxygen atoms in total. The number of carbonyl (C=O) groups is 1. The number of aldehydes is 1. The number of hydrogen-bond acceptors (Lipinski definition) is 2. The molecule has 0 spiro atoms. The summed E-state index contributed by atoms with van der Waals surface area (Å²) in [6, 6.07) is 7.54. The third-order valence-electron chi connectivity index (χ3n) is 1.94. The van der Waals surface area contributed by atoms with Gasteiger partial charge in [-0.05, 0) is 25.6 Å². The van der Waals surface area contributed by atoms with Crippen LogP contribution in [0, 0.1) is 0 Å². The Kier molecular flexibility index (Phi) is 4.65. The average molecular weight is 189 g/mol. The van der Waals surface area contributed by atoms with E-state index in [4.69, 9.17) is 0 Å². The fourth-order valence-electron chi connectivity index (χ4n) is 1.13. The molecular weight excluding hydrogens is 174 g/mol. The maximum Gasteiger partial charge on any atom is 0.150 e. The molecule has 14 heavy (non-hydrogen) atoms. The van der Waals surface area contributed by atoms with Crippen molar-refractivity contribution in [2.45, 2.75) is 6.42 Å². The molecule has 0 fully saturated rings. The van der Waals surface area contributed by atoms with E-state index in [1.807, 2.05) is 31.3 Å². The molecule has 0 aliphatic rings. The van der Waals surface area contributed by atoms with Crippen LogP contribution in [0.1, 0.15) is 22.3 Å². The molecule has 1 rings (SSSR count). The van der Waals surface area contributed by atoms with Crippen LogP contribution in [0.15, 0.2) is 30.3 Å². The molecule has 2 heteroatoms. The summed E-state index contributed by atoms with van der Waals surface area (Å²) in [5, 5.41) is 3.07. The van der Waals surface area contributed by atoms with E-state index >= 15 is 0 Å². The second-order valence-corrected chi connectivity index (χ2v) is 3.08. The van der Waals surface area contributed by atoms with Gasteiger partial charge in [0, 0.05) is 5.56 Å². The summed E-state index contributed by atoms with van der Waals surface area (Å²) < 4.78 is 0. The third kappa shape index (κ3) is 3.54. The van der Waals surface area contributed by atoms with Crippen molar-refractivity contribution >= 4 is 12.4 Å². The number of hydrogen-bond donors (Lipinski definition) is 1. The summed E-state index contributed by atoms with van der Waals surface area (Å²) in [6.45, 7) is 0.989. The molecule has 0 aromatic heterocycles. The Balaban J connectivity index is 2.50. The van der Waals surface area contributed by atoms with Crippen LogP contribution >= 0.6 is 0 Å². The van der Waals surface area contributed by atoms with E-state index < -0.39 is 0 Å². The van der Waals surface area contributed by atoms with Gasteiger partial charge in [0.2, 0.25) is 0 Å². The zero-order valence-corrected chi connectivity index (χ0v) is 8.36. The predicted octanol–water partition coefficient (Wildman–Crippen LogP) is 2.12. The minimum absolute atomic E-state index is 0.720. The van der Waals surface area contributed by atoms with Gasteiger partial charge in [0.15, 0.2) is 0 Å². The summed E-state index contributed by atoms with van der Waals surface area (Å²) in [6.07, 6.45) is 6.05. The Morgan fingerprint density at radius 1 is 1.21 bits per heavy atom. The van der Waals surface area contributed by atoms with Crippen LogP contribution < -0.4 is 5.32 Å². The summed E-state index contributed by atoms with van der Waals surface area (Å²) in [5.41, 5.74) is 1.85. The van der Waals surface area contributed by atoms with Crippen molar-refractivity contribution < 1.29 is 4.79 Å². The van der Waals surface area contributed by atoms with Crippen LogP contribution in [0.2, 0.25) is 0 Å². The van der Waals surface area contributed by atoms with E-state index in [2.05, 4.69) is 17.5 Å². The fourth-order valence-corrected chi connectivity index (χ4v) is 1.13. The number of nitrogens with one attached hydrogen (secondary N) is 1. The Labute approximate surface area is 84.6 Å². The second kappa shape index (κ2) is 6.11. The monoisotopic (exact) mass is 189 g/mol. The molecule has 0 saturated heterocycles. The molecule has 0 heterocycles. The van der Waals surface area contributed by atoms with Crippen molar-refractivity contribution in [3.8, 4) is 0 Å². The van der Waals surface area contributed by atoms with Crippen LogP contribution in [0.5, 0.6) is 0 Å². The van der Waals surface area contributed by atoms with Gasteiger partial charge in [-0.2, -0.15) is 0 Å². The van der Waals surface area contributed by atoms with Gasteiger partial charge in [-0.15, -0.1) is 0 Å². The van der Waals surface area contributed by atoms with Crippen molar-refractivity contribution in [1.82, 2.24) is 5.32 Å². The molecule has 0 atom stereocenters. The highest BCUT2D eigenvalue weighted by atomic mass is 16.1. The minimum atomic E-state index is 0.720. The lowest BCUT2D eigenvalue weighted by atomic mass is 10.1.